The highest BCUT2D eigenvalue weighted by molar-refractivity contribution is 7.89. The van der Waals surface area contributed by atoms with Crippen molar-refractivity contribution < 1.29 is 27.8 Å². The Balaban J connectivity index is 2.35. The molecule has 8 heteroatoms. The molecule has 2 rings (SSSR count). The van der Waals surface area contributed by atoms with Crippen LogP contribution in [0.1, 0.15) is 15.9 Å². The molecule has 2 aromatic carbocycles. The predicted octanol–water partition coefficient (Wildman–Crippen LogP) is 1.66. The molecule has 0 aliphatic carbocycles. The van der Waals surface area contributed by atoms with E-state index in [-0.39, 0.29) is 36.0 Å². The summed E-state index contributed by atoms with van der Waals surface area (Å²) in [6, 6.07) is 13.2. The van der Waals surface area contributed by atoms with Crippen molar-refractivity contribution in [2.75, 3.05) is 27.4 Å². The van der Waals surface area contributed by atoms with Crippen molar-refractivity contribution in [2.45, 2.75) is 11.4 Å². The van der Waals surface area contributed by atoms with Crippen molar-refractivity contribution in [3.05, 3.63) is 59.7 Å². The molecule has 0 saturated heterocycles. The molecule has 0 unspecified atom stereocenters. The van der Waals surface area contributed by atoms with Gasteiger partial charge in [-0.3, -0.25) is 0 Å². The Labute approximate surface area is 152 Å². The van der Waals surface area contributed by atoms with E-state index in [2.05, 4.69) is 0 Å². The molecule has 0 amide bonds. The Morgan fingerprint density at radius 3 is 2.46 bits per heavy atom. The van der Waals surface area contributed by atoms with Crippen LogP contribution in [0.25, 0.3) is 0 Å². The minimum absolute atomic E-state index is 0.0611. The lowest BCUT2D eigenvalue weighted by Gasteiger charge is -2.19. The zero-order chi connectivity index (χ0) is 19.2. The largest absolute Gasteiger partial charge is 0.495 e. The molecule has 0 fully saturated rings. The fraction of sp³-hybridized carbons (Fsp3) is 0.278. The van der Waals surface area contributed by atoms with Gasteiger partial charge in [-0.15, -0.1) is 0 Å². The van der Waals surface area contributed by atoms with Gasteiger partial charge >= 0.3 is 5.97 Å². The molecule has 7 nitrogen and oxygen atoms in total. The maximum atomic E-state index is 13.0. The summed E-state index contributed by atoms with van der Waals surface area (Å²) in [6.45, 7) is -0.306. The SMILES string of the molecule is COc1ccc(C(=O)OCCO)cc1S(=O)(=O)N(C)Cc1ccccc1. The number of rotatable bonds is 8. The van der Waals surface area contributed by atoms with E-state index < -0.39 is 16.0 Å². The molecule has 0 heterocycles. The zero-order valence-corrected chi connectivity index (χ0v) is 15.4. The highest BCUT2D eigenvalue weighted by Gasteiger charge is 2.26. The lowest BCUT2D eigenvalue weighted by molar-refractivity contribution is 0.0433. The number of aliphatic hydroxyl groups excluding tert-OH is 1. The molecule has 0 radical (unpaired) electrons. The van der Waals surface area contributed by atoms with Crippen LogP contribution in [0.3, 0.4) is 0 Å². The second-order valence-electron chi connectivity index (χ2n) is 5.47. The van der Waals surface area contributed by atoms with Gasteiger partial charge in [0, 0.05) is 13.6 Å². The molecule has 0 aliphatic heterocycles. The third kappa shape index (κ3) is 4.60. The first-order valence-electron chi connectivity index (χ1n) is 7.86. The molecule has 0 spiro atoms. The lowest BCUT2D eigenvalue weighted by atomic mass is 10.2. The molecule has 26 heavy (non-hydrogen) atoms. The number of ether oxygens (including phenoxy) is 2. The van der Waals surface area contributed by atoms with Crippen LogP contribution in [0.4, 0.5) is 0 Å². The number of hydrogen-bond acceptors (Lipinski definition) is 6. The molecule has 0 saturated carbocycles. The third-order valence-corrected chi connectivity index (χ3v) is 5.48. The van der Waals surface area contributed by atoms with Gasteiger partial charge in [0.05, 0.1) is 19.3 Å². The van der Waals surface area contributed by atoms with Gasteiger partial charge in [0.2, 0.25) is 10.0 Å². The summed E-state index contributed by atoms with van der Waals surface area (Å²) >= 11 is 0. The van der Waals surface area contributed by atoms with Gasteiger partial charge in [0.25, 0.3) is 0 Å². The number of carbonyl (C=O) groups is 1. The van der Waals surface area contributed by atoms with E-state index in [1.807, 2.05) is 30.3 Å². The molecule has 2 aromatic rings. The van der Waals surface area contributed by atoms with Crippen molar-refractivity contribution >= 4 is 16.0 Å². The van der Waals surface area contributed by atoms with Gasteiger partial charge in [0.15, 0.2) is 0 Å². The van der Waals surface area contributed by atoms with E-state index in [4.69, 9.17) is 14.6 Å². The lowest BCUT2D eigenvalue weighted by Crippen LogP contribution is -2.27. The smallest absolute Gasteiger partial charge is 0.338 e. The maximum absolute atomic E-state index is 13.0. The van der Waals surface area contributed by atoms with E-state index in [0.717, 1.165) is 5.56 Å². The zero-order valence-electron chi connectivity index (χ0n) is 14.6. The number of sulfonamides is 1. The van der Waals surface area contributed by atoms with Crippen molar-refractivity contribution in [2.24, 2.45) is 0 Å². The summed E-state index contributed by atoms with van der Waals surface area (Å²) in [5.41, 5.74) is 0.891. The molecular formula is C18H21NO6S. The predicted molar refractivity (Wildman–Crippen MR) is 95.5 cm³/mol. The summed E-state index contributed by atoms with van der Waals surface area (Å²) in [6.07, 6.45) is 0. The summed E-state index contributed by atoms with van der Waals surface area (Å²) in [7, 11) is -1.09. The molecular weight excluding hydrogens is 358 g/mol. The van der Waals surface area contributed by atoms with E-state index in [9.17, 15) is 13.2 Å². The summed E-state index contributed by atoms with van der Waals surface area (Å²) in [5.74, 6) is -0.590. The van der Waals surface area contributed by atoms with Gasteiger partial charge in [-0.05, 0) is 23.8 Å². The second-order valence-corrected chi connectivity index (χ2v) is 7.49. The number of aliphatic hydroxyl groups is 1. The number of benzene rings is 2. The van der Waals surface area contributed by atoms with Crippen LogP contribution in [-0.2, 0) is 21.3 Å². The average molecular weight is 379 g/mol. The van der Waals surface area contributed by atoms with Crippen molar-refractivity contribution in [1.29, 1.82) is 0 Å². The Morgan fingerprint density at radius 2 is 1.85 bits per heavy atom. The highest BCUT2D eigenvalue weighted by Crippen LogP contribution is 2.28. The second kappa shape index (κ2) is 8.79. The molecule has 0 atom stereocenters. The van der Waals surface area contributed by atoms with E-state index in [1.54, 1.807) is 0 Å². The van der Waals surface area contributed by atoms with Crippen LogP contribution in [0.2, 0.25) is 0 Å². The normalized spacial score (nSPS) is 11.4. The standard InChI is InChI=1S/C18H21NO6S/c1-19(13-14-6-4-3-5-7-14)26(22,23)17-12-15(8-9-16(17)24-2)18(21)25-11-10-20/h3-9,12,20H,10-11,13H2,1-2H3. The highest BCUT2D eigenvalue weighted by atomic mass is 32.2. The van der Waals surface area contributed by atoms with Gasteiger partial charge in [0.1, 0.15) is 17.3 Å². The first-order valence-corrected chi connectivity index (χ1v) is 9.30. The van der Waals surface area contributed by atoms with Crippen molar-refractivity contribution in [1.82, 2.24) is 4.31 Å². The van der Waals surface area contributed by atoms with Crippen molar-refractivity contribution in [3.8, 4) is 5.75 Å². The number of esters is 1. The fourth-order valence-corrected chi connectivity index (χ4v) is 3.66. The molecule has 0 bridgehead atoms. The summed E-state index contributed by atoms with van der Waals surface area (Å²) in [5, 5.41) is 8.74. The first-order chi connectivity index (χ1) is 12.4. The van der Waals surface area contributed by atoms with E-state index in [0.29, 0.717) is 0 Å². The minimum Gasteiger partial charge on any atom is -0.495 e. The maximum Gasteiger partial charge on any atom is 0.338 e. The van der Waals surface area contributed by atoms with Crippen LogP contribution in [0, 0.1) is 0 Å². The fourth-order valence-electron chi connectivity index (χ4n) is 2.32. The Bertz CT molecular complexity index is 851. The van der Waals surface area contributed by atoms with Crippen LogP contribution >= 0.6 is 0 Å². The first kappa shape index (κ1) is 19.9. The van der Waals surface area contributed by atoms with Gasteiger partial charge in [-0.1, -0.05) is 30.3 Å². The molecule has 140 valence electrons. The molecule has 0 aliphatic rings. The summed E-state index contributed by atoms with van der Waals surface area (Å²) in [4.78, 5) is 11.8. The Kier molecular flexibility index (Phi) is 6.73. The number of methoxy groups -OCH3 is 1. The number of nitrogens with zero attached hydrogens (tertiary/aromatic N) is 1. The van der Waals surface area contributed by atoms with E-state index in [1.165, 1.54) is 36.7 Å². The monoisotopic (exact) mass is 379 g/mol. The van der Waals surface area contributed by atoms with Gasteiger partial charge in [-0.25, -0.2) is 13.2 Å². The van der Waals surface area contributed by atoms with E-state index >= 15 is 0 Å². The van der Waals surface area contributed by atoms with Crippen LogP contribution in [-0.4, -0.2) is 51.2 Å². The van der Waals surface area contributed by atoms with Crippen LogP contribution in [0.5, 0.6) is 5.75 Å². The topological polar surface area (TPSA) is 93.1 Å². The Hall–Kier alpha value is -2.42. The van der Waals surface area contributed by atoms with Crippen LogP contribution < -0.4 is 4.74 Å². The average Bonchev–Trinajstić information content (AvgIpc) is 2.66. The molecule has 0 aromatic heterocycles. The van der Waals surface area contributed by atoms with Crippen LogP contribution in [0.15, 0.2) is 53.4 Å². The minimum atomic E-state index is -3.91. The van der Waals surface area contributed by atoms with Crippen molar-refractivity contribution in [3.63, 3.8) is 0 Å². The summed E-state index contributed by atoms with van der Waals surface area (Å²) < 4.78 is 37.1. The quantitative estimate of drug-likeness (QED) is 0.701. The number of carbonyl (C=O) groups excluding carboxylic acids is 1. The van der Waals surface area contributed by atoms with Gasteiger partial charge < -0.3 is 14.6 Å². The number of hydrogen-bond donors (Lipinski definition) is 1. The molecule has 1 N–H and O–H groups in total. The van der Waals surface area contributed by atoms with Gasteiger partial charge in [-0.2, -0.15) is 4.31 Å². The third-order valence-electron chi connectivity index (χ3n) is 3.66. The Morgan fingerprint density at radius 1 is 1.15 bits per heavy atom.